The van der Waals surface area contributed by atoms with E-state index in [-0.39, 0.29) is 0 Å². The van der Waals surface area contributed by atoms with Crippen molar-refractivity contribution >= 4 is 5.57 Å². The lowest BCUT2D eigenvalue weighted by molar-refractivity contribution is 1.48. The molecule has 0 amide bonds. The van der Waals surface area contributed by atoms with Crippen LogP contribution in [0.5, 0.6) is 0 Å². The maximum atomic E-state index is 8.70. The van der Waals surface area contributed by atoms with Gasteiger partial charge in [-0.2, -0.15) is 5.26 Å². The Labute approximate surface area is 96.4 Å². The molecule has 0 N–H and O–H groups in total. The molecule has 78 valence electrons. The summed E-state index contributed by atoms with van der Waals surface area (Å²) in [6.45, 7) is 7.31. The van der Waals surface area contributed by atoms with Crippen molar-refractivity contribution in [2.45, 2.75) is 0 Å². The second-order valence-corrected chi connectivity index (χ2v) is 3.14. The monoisotopic (exact) mass is 207 g/mol. The third-order valence-corrected chi connectivity index (χ3v) is 2.06. The van der Waals surface area contributed by atoms with Crippen LogP contribution in [0.15, 0.2) is 67.8 Å². The quantitative estimate of drug-likeness (QED) is 0.687. The molecule has 0 aromatic heterocycles. The first-order valence-corrected chi connectivity index (χ1v) is 4.94. The van der Waals surface area contributed by atoms with Crippen LogP contribution in [-0.2, 0) is 0 Å². The van der Waals surface area contributed by atoms with E-state index in [4.69, 9.17) is 5.26 Å². The topological polar surface area (TPSA) is 23.8 Å². The number of nitriles is 1. The van der Waals surface area contributed by atoms with Gasteiger partial charge in [0.2, 0.25) is 0 Å². The van der Waals surface area contributed by atoms with Crippen LogP contribution in [0, 0.1) is 11.3 Å². The van der Waals surface area contributed by atoms with Gasteiger partial charge < -0.3 is 0 Å². The largest absolute Gasteiger partial charge is 0.192 e. The molecule has 1 rings (SSSR count). The molecule has 0 spiro atoms. The van der Waals surface area contributed by atoms with Gasteiger partial charge in [-0.15, -0.1) is 0 Å². The summed E-state index contributed by atoms with van der Waals surface area (Å²) in [5.41, 5.74) is 2.76. The minimum absolute atomic E-state index is 0.661. The van der Waals surface area contributed by atoms with Crippen molar-refractivity contribution in [1.29, 1.82) is 5.26 Å². The fraction of sp³-hybridized carbons (Fsp3) is 0. The smallest absolute Gasteiger partial charge is 0.0991 e. The van der Waals surface area contributed by atoms with Gasteiger partial charge in [0.05, 0.1) is 11.6 Å². The van der Waals surface area contributed by atoms with Crippen molar-refractivity contribution in [2.24, 2.45) is 0 Å². The van der Waals surface area contributed by atoms with Gasteiger partial charge >= 0.3 is 0 Å². The molecule has 1 aromatic carbocycles. The lowest BCUT2D eigenvalue weighted by Gasteiger charge is -2.01. The Bertz CT molecular complexity index is 467. The average Bonchev–Trinajstić information content (AvgIpc) is 2.35. The van der Waals surface area contributed by atoms with E-state index < -0.39 is 0 Å². The maximum Gasteiger partial charge on any atom is 0.0991 e. The van der Waals surface area contributed by atoms with Gasteiger partial charge in [-0.25, -0.2) is 0 Å². The minimum atomic E-state index is 0.661. The number of allylic oxidation sites excluding steroid dienone is 6. The van der Waals surface area contributed by atoms with Crippen LogP contribution in [0.4, 0.5) is 0 Å². The van der Waals surface area contributed by atoms with Gasteiger partial charge in [0.1, 0.15) is 0 Å². The van der Waals surface area contributed by atoms with Crippen molar-refractivity contribution in [2.75, 3.05) is 0 Å². The van der Waals surface area contributed by atoms with E-state index in [1.54, 1.807) is 24.3 Å². The molecular weight excluding hydrogens is 194 g/mol. The van der Waals surface area contributed by atoms with E-state index in [1.807, 2.05) is 30.4 Å². The Hall–Kier alpha value is -2.33. The summed E-state index contributed by atoms with van der Waals surface area (Å²) >= 11 is 0. The molecule has 0 atom stereocenters. The fourth-order valence-electron chi connectivity index (χ4n) is 1.28. The van der Waals surface area contributed by atoms with Crippen LogP contribution < -0.4 is 0 Å². The highest BCUT2D eigenvalue weighted by Crippen LogP contribution is 2.16. The zero-order valence-corrected chi connectivity index (χ0v) is 9.06. The lowest BCUT2D eigenvalue weighted by atomic mass is 10.0. The normalized spacial score (nSPS) is 11.1. The molecule has 0 unspecified atom stereocenters. The number of hydrogen-bond donors (Lipinski definition) is 0. The molecule has 16 heavy (non-hydrogen) atoms. The Morgan fingerprint density at radius 1 is 1.12 bits per heavy atom. The van der Waals surface area contributed by atoms with E-state index in [9.17, 15) is 0 Å². The molecule has 0 saturated carbocycles. The van der Waals surface area contributed by atoms with Crippen LogP contribution in [-0.4, -0.2) is 0 Å². The predicted octanol–water partition coefficient (Wildman–Crippen LogP) is 3.87. The number of rotatable bonds is 4. The average molecular weight is 207 g/mol. The summed E-state index contributed by atoms with van der Waals surface area (Å²) < 4.78 is 0. The lowest BCUT2D eigenvalue weighted by Crippen LogP contribution is -1.81. The number of hydrogen-bond acceptors (Lipinski definition) is 1. The molecule has 0 bridgehead atoms. The van der Waals surface area contributed by atoms with Crippen LogP contribution in [0.3, 0.4) is 0 Å². The molecule has 0 aliphatic heterocycles. The molecule has 1 aromatic rings. The molecule has 0 heterocycles. The minimum Gasteiger partial charge on any atom is -0.192 e. The van der Waals surface area contributed by atoms with Crippen molar-refractivity contribution in [3.05, 3.63) is 78.9 Å². The van der Waals surface area contributed by atoms with Crippen molar-refractivity contribution in [1.82, 2.24) is 0 Å². The van der Waals surface area contributed by atoms with Crippen LogP contribution in [0.25, 0.3) is 5.57 Å². The van der Waals surface area contributed by atoms with Gasteiger partial charge in [-0.05, 0) is 23.3 Å². The standard InChI is InChI=1S/C15H13N/c1-3-5-7-14(6-4-2)15-10-8-13(12-16)9-11-15/h3-11H,1-2H2/b7-5-,14-6+. The second-order valence-electron chi connectivity index (χ2n) is 3.14. The highest BCUT2D eigenvalue weighted by Gasteiger charge is 1.96. The summed E-state index contributed by atoms with van der Waals surface area (Å²) in [4.78, 5) is 0. The molecule has 1 nitrogen and oxygen atoms in total. The Morgan fingerprint density at radius 3 is 2.31 bits per heavy atom. The molecule has 0 fully saturated rings. The zero-order valence-electron chi connectivity index (χ0n) is 9.06. The van der Waals surface area contributed by atoms with E-state index in [2.05, 4.69) is 19.2 Å². The Morgan fingerprint density at radius 2 is 1.81 bits per heavy atom. The van der Waals surface area contributed by atoms with Gasteiger partial charge in [0.15, 0.2) is 0 Å². The van der Waals surface area contributed by atoms with E-state index in [0.29, 0.717) is 5.56 Å². The maximum absolute atomic E-state index is 8.70. The van der Waals surface area contributed by atoms with Crippen molar-refractivity contribution in [3.8, 4) is 6.07 Å². The third kappa shape index (κ3) is 3.11. The summed E-state index contributed by atoms with van der Waals surface area (Å²) in [5, 5.41) is 8.70. The SMILES string of the molecule is C=C/C=C\C(=C/C=C)c1ccc(C#N)cc1. The molecule has 0 saturated heterocycles. The molecule has 0 aliphatic carbocycles. The Kier molecular flexibility index (Phi) is 4.56. The summed E-state index contributed by atoms with van der Waals surface area (Å²) in [7, 11) is 0. The molecule has 0 aliphatic rings. The molecular formula is C15H13N. The first-order chi connectivity index (χ1) is 7.81. The van der Waals surface area contributed by atoms with Crippen LogP contribution >= 0.6 is 0 Å². The van der Waals surface area contributed by atoms with Gasteiger partial charge in [0, 0.05) is 0 Å². The van der Waals surface area contributed by atoms with Crippen molar-refractivity contribution < 1.29 is 0 Å². The number of nitrogens with zero attached hydrogens (tertiary/aromatic N) is 1. The van der Waals surface area contributed by atoms with E-state index in [0.717, 1.165) is 11.1 Å². The summed E-state index contributed by atoms with van der Waals surface area (Å²) in [5.74, 6) is 0. The summed E-state index contributed by atoms with van der Waals surface area (Å²) in [6.07, 6.45) is 9.20. The van der Waals surface area contributed by atoms with Crippen molar-refractivity contribution in [3.63, 3.8) is 0 Å². The van der Waals surface area contributed by atoms with Crippen LogP contribution in [0.2, 0.25) is 0 Å². The first-order valence-electron chi connectivity index (χ1n) is 4.94. The molecule has 0 radical (unpaired) electrons. The number of benzene rings is 1. The summed E-state index contributed by atoms with van der Waals surface area (Å²) in [6, 6.07) is 9.53. The predicted molar refractivity (Wildman–Crippen MR) is 68.7 cm³/mol. The highest BCUT2D eigenvalue weighted by molar-refractivity contribution is 5.75. The van der Waals surface area contributed by atoms with Gasteiger partial charge in [-0.3, -0.25) is 0 Å². The Balaban J connectivity index is 3.07. The van der Waals surface area contributed by atoms with E-state index in [1.165, 1.54) is 0 Å². The first kappa shape index (κ1) is 11.7. The third-order valence-electron chi connectivity index (χ3n) is 2.06. The highest BCUT2D eigenvalue weighted by atomic mass is 14.2. The van der Waals surface area contributed by atoms with Crippen LogP contribution in [0.1, 0.15) is 11.1 Å². The second kappa shape index (κ2) is 6.21. The van der Waals surface area contributed by atoms with E-state index >= 15 is 0 Å². The zero-order chi connectivity index (χ0) is 11.8. The van der Waals surface area contributed by atoms with Gasteiger partial charge in [-0.1, -0.05) is 55.7 Å². The fourth-order valence-corrected chi connectivity index (χ4v) is 1.28. The molecule has 1 heteroatoms. The van der Waals surface area contributed by atoms with Gasteiger partial charge in [0.25, 0.3) is 0 Å².